The SMILES string of the molecule is O=C(CCC1CCCC1)Nc1n[nH]c2cc(-c3cccc(F)c3)ccc12. The third-order valence-corrected chi connectivity index (χ3v) is 5.23. The third kappa shape index (κ3) is 3.62. The Morgan fingerprint density at radius 1 is 1.15 bits per heavy atom. The molecule has 5 heteroatoms. The molecule has 134 valence electrons. The maximum Gasteiger partial charge on any atom is 0.225 e. The van der Waals surface area contributed by atoms with Crippen molar-refractivity contribution in [1.82, 2.24) is 10.2 Å². The minimum Gasteiger partial charge on any atom is -0.309 e. The minimum absolute atomic E-state index is 0.0134. The molecule has 0 spiro atoms. The average molecular weight is 351 g/mol. The fourth-order valence-electron chi connectivity index (χ4n) is 3.79. The molecule has 1 heterocycles. The fourth-order valence-corrected chi connectivity index (χ4v) is 3.79. The van der Waals surface area contributed by atoms with E-state index in [1.165, 1.54) is 37.8 Å². The van der Waals surface area contributed by atoms with Gasteiger partial charge in [0, 0.05) is 11.8 Å². The molecule has 4 nitrogen and oxygen atoms in total. The van der Waals surface area contributed by atoms with Gasteiger partial charge in [-0.2, -0.15) is 5.10 Å². The molecule has 0 aliphatic heterocycles. The Hall–Kier alpha value is -2.69. The zero-order valence-corrected chi connectivity index (χ0v) is 14.6. The van der Waals surface area contributed by atoms with E-state index in [1.807, 2.05) is 24.3 Å². The number of carbonyl (C=O) groups is 1. The molecule has 0 radical (unpaired) electrons. The molecule has 2 aromatic carbocycles. The second-order valence-corrected chi connectivity index (χ2v) is 7.08. The predicted octanol–water partition coefficient (Wildman–Crippen LogP) is 5.28. The number of benzene rings is 2. The van der Waals surface area contributed by atoms with Gasteiger partial charge in [0.2, 0.25) is 5.91 Å². The van der Waals surface area contributed by atoms with Crippen LogP contribution in [0.2, 0.25) is 0 Å². The van der Waals surface area contributed by atoms with Crippen LogP contribution in [0.5, 0.6) is 0 Å². The molecular formula is C21H22FN3O. The zero-order chi connectivity index (χ0) is 17.9. The molecule has 1 saturated carbocycles. The molecule has 2 N–H and O–H groups in total. The highest BCUT2D eigenvalue weighted by Gasteiger charge is 2.17. The van der Waals surface area contributed by atoms with Gasteiger partial charge in [0.1, 0.15) is 5.82 Å². The van der Waals surface area contributed by atoms with Gasteiger partial charge in [-0.05, 0) is 47.7 Å². The monoisotopic (exact) mass is 351 g/mol. The first-order valence-electron chi connectivity index (χ1n) is 9.23. The summed E-state index contributed by atoms with van der Waals surface area (Å²) in [6, 6.07) is 12.2. The lowest BCUT2D eigenvalue weighted by molar-refractivity contribution is -0.116. The Morgan fingerprint density at radius 3 is 2.77 bits per heavy atom. The normalized spacial score (nSPS) is 14.8. The Kier molecular flexibility index (Phi) is 4.69. The largest absolute Gasteiger partial charge is 0.309 e. The van der Waals surface area contributed by atoms with Crippen LogP contribution in [-0.2, 0) is 4.79 Å². The van der Waals surface area contributed by atoms with Crippen LogP contribution in [0.3, 0.4) is 0 Å². The molecule has 4 rings (SSSR count). The van der Waals surface area contributed by atoms with E-state index in [-0.39, 0.29) is 11.7 Å². The second kappa shape index (κ2) is 7.28. The van der Waals surface area contributed by atoms with Crippen molar-refractivity contribution in [3.8, 4) is 11.1 Å². The number of hydrogen-bond acceptors (Lipinski definition) is 2. The summed E-state index contributed by atoms with van der Waals surface area (Å²) < 4.78 is 13.4. The van der Waals surface area contributed by atoms with Gasteiger partial charge in [-0.1, -0.05) is 43.9 Å². The second-order valence-electron chi connectivity index (χ2n) is 7.08. The first kappa shape index (κ1) is 16.8. The number of carbonyl (C=O) groups excluding carboxylic acids is 1. The number of aromatic amines is 1. The minimum atomic E-state index is -0.262. The first-order chi connectivity index (χ1) is 12.7. The topological polar surface area (TPSA) is 57.8 Å². The number of nitrogens with one attached hydrogen (secondary N) is 2. The Morgan fingerprint density at radius 2 is 1.96 bits per heavy atom. The van der Waals surface area contributed by atoms with Gasteiger partial charge in [-0.25, -0.2) is 4.39 Å². The average Bonchev–Trinajstić information content (AvgIpc) is 3.30. The third-order valence-electron chi connectivity index (χ3n) is 5.23. The Balaban J connectivity index is 1.47. The summed E-state index contributed by atoms with van der Waals surface area (Å²) in [5.41, 5.74) is 2.53. The van der Waals surface area contributed by atoms with E-state index in [0.29, 0.717) is 18.2 Å². The van der Waals surface area contributed by atoms with Gasteiger partial charge in [0.15, 0.2) is 5.82 Å². The number of H-pyrrole nitrogens is 1. The van der Waals surface area contributed by atoms with Crippen LogP contribution in [0.4, 0.5) is 10.2 Å². The number of fused-ring (bicyclic) bond motifs is 1. The fraction of sp³-hybridized carbons (Fsp3) is 0.333. The molecule has 26 heavy (non-hydrogen) atoms. The Bertz CT molecular complexity index is 928. The van der Waals surface area contributed by atoms with Crippen molar-refractivity contribution < 1.29 is 9.18 Å². The lowest BCUT2D eigenvalue weighted by Gasteiger charge is -2.08. The quantitative estimate of drug-likeness (QED) is 0.657. The van der Waals surface area contributed by atoms with Crippen molar-refractivity contribution in [3.05, 3.63) is 48.3 Å². The summed E-state index contributed by atoms with van der Waals surface area (Å²) in [6.45, 7) is 0. The van der Waals surface area contributed by atoms with Crippen LogP contribution in [-0.4, -0.2) is 16.1 Å². The van der Waals surface area contributed by atoms with Gasteiger partial charge >= 0.3 is 0 Å². The number of halogens is 1. The van der Waals surface area contributed by atoms with E-state index in [9.17, 15) is 9.18 Å². The smallest absolute Gasteiger partial charge is 0.225 e. The maximum absolute atomic E-state index is 13.4. The molecule has 1 aliphatic rings. The van der Waals surface area contributed by atoms with Crippen LogP contribution in [0.25, 0.3) is 22.0 Å². The Labute approximate surface area is 151 Å². The van der Waals surface area contributed by atoms with E-state index < -0.39 is 0 Å². The van der Waals surface area contributed by atoms with Crippen molar-refractivity contribution in [1.29, 1.82) is 0 Å². The standard InChI is InChI=1S/C21H22FN3O/c22-17-7-3-6-15(12-17)16-9-10-18-19(13-16)24-25-21(18)23-20(26)11-8-14-4-1-2-5-14/h3,6-7,9-10,12-14H,1-2,4-5,8,11H2,(H2,23,24,25,26). The zero-order valence-electron chi connectivity index (χ0n) is 14.6. The maximum atomic E-state index is 13.4. The summed E-state index contributed by atoms with van der Waals surface area (Å²) in [5.74, 6) is 1.01. The molecular weight excluding hydrogens is 329 g/mol. The summed E-state index contributed by atoms with van der Waals surface area (Å²) >= 11 is 0. The predicted molar refractivity (Wildman–Crippen MR) is 101 cm³/mol. The molecule has 1 fully saturated rings. The number of anilines is 1. The molecule has 0 unspecified atom stereocenters. The van der Waals surface area contributed by atoms with Crippen molar-refractivity contribution in [3.63, 3.8) is 0 Å². The molecule has 0 atom stereocenters. The van der Waals surface area contributed by atoms with Gasteiger partial charge in [0.25, 0.3) is 0 Å². The molecule has 3 aromatic rings. The highest BCUT2D eigenvalue weighted by molar-refractivity contribution is 6.00. The lowest BCUT2D eigenvalue weighted by atomic mass is 10.0. The van der Waals surface area contributed by atoms with Gasteiger partial charge < -0.3 is 5.32 Å². The highest BCUT2D eigenvalue weighted by atomic mass is 19.1. The molecule has 1 aromatic heterocycles. The molecule has 1 amide bonds. The van der Waals surface area contributed by atoms with E-state index in [1.54, 1.807) is 6.07 Å². The highest BCUT2D eigenvalue weighted by Crippen LogP contribution is 2.30. The van der Waals surface area contributed by atoms with Crippen LogP contribution in [0.1, 0.15) is 38.5 Å². The summed E-state index contributed by atoms with van der Waals surface area (Å²) in [6.07, 6.45) is 6.59. The molecule has 1 aliphatic carbocycles. The number of nitrogens with zero attached hydrogens (tertiary/aromatic N) is 1. The van der Waals surface area contributed by atoms with Gasteiger partial charge in [0.05, 0.1) is 5.52 Å². The number of aromatic nitrogens is 2. The summed E-state index contributed by atoms with van der Waals surface area (Å²) in [4.78, 5) is 12.2. The van der Waals surface area contributed by atoms with Crippen molar-refractivity contribution >= 4 is 22.6 Å². The molecule has 0 saturated heterocycles. The number of amides is 1. The van der Waals surface area contributed by atoms with Gasteiger partial charge in [-0.3, -0.25) is 9.89 Å². The molecule has 0 bridgehead atoms. The van der Waals surface area contributed by atoms with E-state index >= 15 is 0 Å². The number of hydrogen-bond donors (Lipinski definition) is 2. The summed E-state index contributed by atoms with van der Waals surface area (Å²) in [5, 5.41) is 11.0. The van der Waals surface area contributed by atoms with Gasteiger partial charge in [-0.15, -0.1) is 0 Å². The van der Waals surface area contributed by atoms with Crippen LogP contribution < -0.4 is 5.32 Å². The van der Waals surface area contributed by atoms with Crippen molar-refractivity contribution in [2.24, 2.45) is 5.92 Å². The van der Waals surface area contributed by atoms with Crippen LogP contribution >= 0.6 is 0 Å². The van der Waals surface area contributed by atoms with E-state index in [2.05, 4.69) is 15.5 Å². The van der Waals surface area contributed by atoms with Crippen molar-refractivity contribution in [2.45, 2.75) is 38.5 Å². The lowest BCUT2D eigenvalue weighted by Crippen LogP contribution is -2.13. The first-order valence-corrected chi connectivity index (χ1v) is 9.23. The van der Waals surface area contributed by atoms with Crippen molar-refractivity contribution in [2.75, 3.05) is 5.32 Å². The van der Waals surface area contributed by atoms with E-state index in [0.717, 1.165) is 28.5 Å². The summed E-state index contributed by atoms with van der Waals surface area (Å²) in [7, 11) is 0. The van der Waals surface area contributed by atoms with E-state index in [4.69, 9.17) is 0 Å². The number of rotatable bonds is 5. The van der Waals surface area contributed by atoms with Crippen LogP contribution in [0, 0.1) is 11.7 Å². The van der Waals surface area contributed by atoms with Crippen LogP contribution in [0.15, 0.2) is 42.5 Å².